The minimum atomic E-state index is -0.749. The molecular formula is C34H38F2N4O2. The van der Waals surface area contributed by atoms with E-state index in [1.807, 2.05) is 12.3 Å². The van der Waals surface area contributed by atoms with Crippen LogP contribution >= 0.6 is 0 Å². The predicted octanol–water partition coefficient (Wildman–Crippen LogP) is 6.42. The lowest BCUT2D eigenvalue weighted by Gasteiger charge is -2.40. The van der Waals surface area contributed by atoms with E-state index in [1.165, 1.54) is 18.9 Å². The van der Waals surface area contributed by atoms with Crippen LogP contribution < -0.4 is 15.0 Å². The van der Waals surface area contributed by atoms with Crippen LogP contribution in [0.15, 0.2) is 41.4 Å². The maximum Gasteiger partial charge on any atom is 0.215 e. The highest BCUT2D eigenvalue weighted by Crippen LogP contribution is 2.53. The normalized spacial score (nSPS) is 31.8. The Morgan fingerprint density at radius 1 is 1.07 bits per heavy atom. The molecule has 2 N–H and O–H groups in total. The third kappa shape index (κ3) is 4.53. The number of anilines is 1. The van der Waals surface area contributed by atoms with Crippen molar-refractivity contribution in [3.63, 3.8) is 0 Å². The molecule has 2 saturated heterocycles. The Hall–Kier alpha value is -3.26. The van der Waals surface area contributed by atoms with Gasteiger partial charge in [-0.05, 0) is 80.0 Å². The van der Waals surface area contributed by atoms with E-state index in [9.17, 15) is 9.50 Å². The number of rotatable bonds is 5. The lowest BCUT2D eigenvalue weighted by atomic mass is 9.68. The zero-order chi connectivity index (χ0) is 28.4. The van der Waals surface area contributed by atoms with Crippen LogP contribution in [0.1, 0.15) is 74.2 Å². The second-order valence-corrected chi connectivity index (χ2v) is 13.4. The van der Waals surface area contributed by atoms with Crippen molar-refractivity contribution in [3.05, 3.63) is 59.0 Å². The number of aromatic nitrogens is 1. The molecule has 0 amide bonds. The summed E-state index contributed by atoms with van der Waals surface area (Å²) in [6, 6.07) is 10.7. The fourth-order valence-electron chi connectivity index (χ4n) is 8.77. The summed E-state index contributed by atoms with van der Waals surface area (Å²) in [5, 5.41) is 15.3. The zero-order valence-corrected chi connectivity index (χ0v) is 23.9. The lowest BCUT2D eigenvalue weighted by Crippen LogP contribution is -2.51. The molecule has 5 aliphatic rings. The summed E-state index contributed by atoms with van der Waals surface area (Å²) in [6.45, 7) is 2.33. The predicted molar refractivity (Wildman–Crippen MR) is 160 cm³/mol. The molecule has 1 aromatic heterocycles. The number of aliphatic imine (C=N–C) groups is 1. The maximum atomic E-state index is 15.1. The molecule has 2 aliphatic carbocycles. The second kappa shape index (κ2) is 10.2. The third-order valence-electron chi connectivity index (χ3n) is 10.8. The monoisotopic (exact) mass is 572 g/mol. The third-order valence-corrected chi connectivity index (χ3v) is 10.8. The average molecular weight is 573 g/mol. The van der Waals surface area contributed by atoms with Crippen molar-refractivity contribution < 1.29 is 18.6 Å². The molecule has 2 aromatic carbocycles. The number of pyridine rings is 1. The summed E-state index contributed by atoms with van der Waals surface area (Å²) < 4.78 is 36.3. The minimum absolute atomic E-state index is 0.0927. The average Bonchev–Trinajstić information content (AvgIpc) is 3.56. The van der Waals surface area contributed by atoms with Gasteiger partial charge in [0, 0.05) is 60.2 Å². The molecule has 8 rings (SSSR count). The fourth-order valence-corrected chi connectivity index (χ4v) is 8.77. The molecule has 0 radical (unpaired) electrons. The largest absolute Gasteiger partial charge is 0.508 e. The minimum Gasteiger partial charge on any atom is -0.508 e. The van der Waals surface area contributed by atoms with Crippen molar-refractivity contribution in [1.29, 1.82) is 0 Å². The van der Waals surface area contributed by atoms with Gasteiger partial charge in [0.1, 0.15) is 17.7 Å². The highest BCUT2D eigenvalue weighted by molar-refractivity contribution is 5.93. The van der Waals surface area contributed by atoms with Gasteiger partial charge in [-0.1, -0.05) is 18.6 Å². The van der Waals surface area contributed by atoms with Crippen LogP contribution in [0.3, 0.4) is 0 Å². The Balaban J connectivity index is 1.16. The molecule has 4 unspecified atom stereocenters. The number of phenolic OH excluding ortho intramolecular Hbond substituents is 1. The number of nitrogens with one attached hydrogen (secondary N) is 1. The van der Waals surface area contributed by atoms with Crippen LogP contribution in [-0.4, -0.2) is 54.3 Å². The SMILES string of the molecule is Oc1cc(C2Cc3nc(OC[C@@]45CCCC4CC[C@H](F)C5)cc(N4CC5CCC(C4)N5)c3C=N2)c2c(F)cccc2c1. The number of halogens is 2. The van der Waals surface area contributed by atoms with Gasteiger partial charge in [0.2, 0.25) is 5.88 Å². The summed E-state index contributed by atoms with van der Waals surface area (Å²) >= 11 is 0. The van der Waals surface area contributed by atoms with E-state index in [1.54, 1.807) is 18.2 Å². The van der Waals surface area contributed by atoms with Gasteiger partial charge in [-0.2, -0.15) is 0 Å². The number of alkyl halides is 1. The van der Waals surface area contributed by atoms with Gasteiger partial charge in [-0.15, -0.1) is 0 Å². The maximum absolute atomic E-state index is 15.1. The highest BCUT2D eigenvalue weighted by Gasteiger charge is 2.48. The number of aromatic hydroxyl groups is 1. The number of piperazine rings is 1. The van der Waals surface area contributed by atoms with Crippen molar-refractivity contribution in [2.45, 2.75) is 82.1 Å². The van der Waals surface area contributed by atoms with Gasteiger partial charge in [0.15, 0.2) is 0 Å². The first kappa shape index (κ1) is 26.4. The van der Waals surface area contributed by atoms with E-state index < -0.39 is 6.17 Å². The fraction of sp³-hybridized carbons (Fsp3) is 0.529. The molecule has 42 heavy (non-hydrogen) atoms. The molecule has 2 saturated carbocycles. The number of nitrogens with zero attached hydrogens (tertiary/aromatic N) is 3. The molecule has 0 spiro atoms. The van der Waals surface area contributed by atoms with Crippen LogP contribution in [0.25, 0.3) is 10.8 Å². The Bertz CT molecular complexity index is 1550. The summed E-state index contributed by atoms with van der Waals surface area (Å²) in [6.07, 6.45) is 9.49. The molecule has 8 heteroatoms. The van der Waals surface area contributed by atoms with E-state index in [2.05, 4.69) is 16.3 Å². The molecule has 3 aliphatic heterocycles. The van der Waals surface area contributed by atoms with Gasteiger partial charge in [-0.3, -0.25) is 4.99 Å². The number of hydrogen-bond acceptors (Lipinski definition) is 6. The Morgan fingerprint density at radius 2 is 1.93 bits per heavy atom. The Morgan fingerprint density at radius 3 is 2.79 bits per heavy atom. The van der Waals surface area contributed by atoms with E-state index in [4.69, 9.17) is 14.7 Å². The van der Waals surface area contributed by atoms with E-state index in [-0.39, 0.29) is 23.0 Å². The van der Waals surface area contributed by atoms with Crippen LogP contribution in [0.2, 0.25) is 0 Å². The Kier molecular flexibility index (Phi) is 6.39. The van der Waals surface area contributed by atoms with Crippen LogP contribution in [0.4, 0.5) is 14.5 Å². The van der Waals surface area contributed by atoms with Crippen molar-refractivity contribution in [2.75, 3.05) is 24.6 Å². The van der Waals surface area contributed by atoms with Crippen LogP contribution in [0.5, 0.6) is 11.6 Å². The number of phenols is 1. The van der Waals surface area contributed by atoms with E-state index >= 15 is 4.39 Å². The molecule has 220 valence electrons. The molecule has 3 aromatic rings. The molecule has 6 nitrogen and oxygen atoms in total. The standard InChI is InChI=1S/C34H38F2N4O2/c35-22-7-6-21-4-2-10-34(21,15-22)19-42-32-14-31(40-17-23-8-9-24(18-40)38-23)27-16-37-29(13-30(27)39-32)26-12-25(41)11-20-3-1-5-28(36)33(20)26/h1,3,5,11-12,14,16,21-24,29,38,41H,2,4,6-10,13,15,17-19H2/t21?,22-,23?,24?,29?,34-/m0/s1. The Labute approximate surface area is 245 Å². The first-order chi connectivity index (χ1) is 20.4. The molecular weight excluding hydrogens is 534 g/mol. The summed E-state index contributed by atoms with van der Waals surface area (Å²) in [7, 11) is 0. The van der Waals surface area contributed by atoms with E-state index in [0.717, 1.165) is 55.7 Å². The van der Waals surface area contributed by atoms with Crippen molar-refractivity contribution in [1.82, 2.24) is 10.3 Å². The van der Waals surface area contributed by atoms with Crippen molar-refractivity contribution in [2.24, 2.45) is 16.3 Å². The number of fused-ring (bicyclic) bond motifs is 5. The smallest absolute Gasteiger partial charge is 0.215 e. The molecule has 4 fully saturated rings. The molecule has 6 atom stereocenters. The van der Waals surface area contributed by atoms with Gasteiger partial charge < -0.3 is 20.1 Å². The molecule has 2 bridgehead atoms. The first-order valence-electron chi connectivity index (χ1n) is 15.7. The molecule has 4 heterocycles. The van der Waals surface area contributed by atoms with Gasteiger partial charge in [-0.25, -0.2) is 13.8 Å². The van der Waals surface area contributed by atoms with Crippen molar-refractivity contribution >= 4 is 22.7 Å². The quantitative estimate of drug-likeness (QED) is 0.369. The van der Waals surface area contributed by atoms with Gasteiger partial charge in [0.25, 0.3) is 0 Å². The topological polar surface area (TPSA) is 70.0 Å². The number of hydrogen-bond donors (Lipinski definition) is 2. The van der Waals surface area contributed by atoms with Crippen LogP contribution in [0, 0.1) is 17.2 Å². The first-order valence-corrected chi connectivity index (χ1v) is 15.7. The van der Waals surface area contributed by atoms with Gasteiger partial charge >= 0.3 is 0 Å². The zero-order valence-electron chi connectivity index (χ0n) is 23.9. The summed E-state index contributed by atoms with van der Waals surface area (Å²) in [4.78, 5) is 12.4. The number of benzene rings is 2. The van der Waals surface area contributed by atoms with Crippen molar-refractivity contribution in [3.8, 4) is 11.6 Å². The second-order valence-electron chi connectivity index (χ2n) is 13.4. The lowest BCUT2D eigenvalue weighted by molar-refractivity contribution is 0.0190. The summed E-state index contributed by atoms with van der Waals surface area (Å²) in [5.41, 5.74) is 3.49. The summed E-state index contributed by atoms with van der Waals surface area (Å²) in [5.74, 6) is 0.872. The van der Waals surface area contributed by atoms with E-state index in [0.29, 0.717) is 66.1 Å². The van der Waals surface area contributed by atoms with Crippen LogP contribution in [-0.2, 0) is 6.42 Å². The van der Waals surface area contributed by atoms with Gasteiger partial charge in [0.05, 0.1) is 24.0 Å². The number of ether oxygens (including phenoxy) is 1. The highest BCUT2D eigenvalue weighted by atomic mass is 19.1.